The molecule has 0 aromatic carbocycles. The first-order valence-corrected chi connectivity index (χ1v) is 12.4. The smallest absolute Gasteiger partial charge is 0.231 e. The average Bonchev–Trinajstić information content (AvgIpc) is 3.24. The molecule has 0 spiro atoms. The lowest BCUT2D eigenvalue weighted by Crippen LogP contribution is -2.23. The number of pyridine rings is 3. The second-order valence-corrected chi connectivity index (χ2v) is 10.6. The van der Waals surface area contributed by atoms with Gasteiger partial charge in [-0.05, 0) is 47.4 Å². The van der Waals surface area contributed by atoms with Crippen molar-refractivity contribution in [3.05, 3.63) is 70.0 Å². The van der Waals surface area contributed by atoms with E-state index < -0.39 is 0 Å². The summed E-state index contributed by atoms with van der Waals surface area (Å²) < 4.78 is 6.31. The molecule has 0 saturated carbocycles. The molecule has 5 aromatic heterocycles. The summed E-state index contributed by atoms with van der Waals surface area (Å²) in [5.41, 5.74) is 5.86. The first-order chi connectivity index (χ1) is 17.4. The minimum Gasteiger partial charge on any atom is -0.432 e. The highest BCUT2D eigenvalue weighted by molar-refractivity contribution is 6.39. The van der Waals surface area contributed by atoms with Crippen molar-refractivity contribution in [1.82, 2.24) is 24.9 Å². The Morgan fingerprint density at radius 1 is 1.03 bits per heavy atom. The van der Waals surface area contributed by atoms with Crippen molar-refractivity contribution in [2.45, 2.75) is 39.7 Å². The number of hydrogen-bond donors (Lipinski definition) is 2. The normalized spacial score (nSPS) is 14.7. The van der Waals surface area contributed by atoms with Crippen LogP contribution in [0.4, 0.5) is 17.3 Å². The van der Waals surface area contributed by atoms with Gasteiger partial charge in [0.2, 0.25) is 5.71 Å². The van der Waals surface area contributed by atoms with Gasteiger partial charge in [-0.15, -0.1) is 0 Å². The largest absolute Gasteiger partial charge is 0.432 e. The van der Waals surface area contributed by atoms with E-state index in [-0.39, 0.29) is 5.41 Å². The maximum absolute atomic E-state index is 6.40. The number of anilines is 3. The van der Waals surface area contributed by atoms with Crippen molar-refractivity contribution in [2.24, 2.45) is 5.41 Å². The van der Waals surface area contributed by atoms with E-state index in [0.29, 0.717) is 45.2 Å². The van der Waals surface area contributed by atoms with Gasteiger partial charge in [0.25, 0.3) is 0 Å². The van der Waals surface area contributed by atoms with Gasteiger partial charge < -0.3 is 15.1 Å². The molecular formula is C26H23Cl2N7O. The van der Waals surface area contributed by atoms with Crippen LogP contribution in [-0.2, 0) is 19.4 Å². The van der Waals surface area contributed by atoms with E-state index in [2.05, 4.69) is 44.4 Å². The molecule has 5 aromatic rings. The van der Waals surface area contributed by atoms with Crippen LogP contribution < -0.4 is 10.6 Å². The highest BCUT2D eigenvalue weighted by Gasteiger charge is 2.32. The molecule has 10 heteroatoms. The fourth-order valence-electron chi connectivity index (χ4n) is 4.77. The van der Waals surface area contributed by atoms with Gasteiger partial charge in [0, 0.05) is 31.3 Å². The Balaban J connectivity index is 1.51. The van der Waals surface area contributed by atoms with Gasteiger partial charge in [0.15, 0.2) is 11.4 Å². The third kappa shape index (κ3) is 4.10. The highest BCUT2D eigenvalue weighted by Crippen LogP contribution is 2.45. The number of furan rings is 1. The fourth-order valence-corrected chi connectivity index (χ4v) is 5.23. The Morgan fingerprint density at radius 2 is 1.86 bits per heavy atom. The topological polar surface area (TPSA) is 102 Å². The number of nitrogens with zero attached hydrogens (tertiary/aromatic N) is 5. The summed E-state index contributed by atoms with van der Waals surface area (Å²) in [7, 11) is 0. The van der Waals surface area contributed by atoms with Crippen molar-refractivity contribution >= 4 is 62.7 Å². The number of hydrogen-bond acceptors (Lipinski definition) is 8. The molecule has 0 amide bonds. The van der Waals surface area contributed by atoms with Crippen LogP contribution >= 0.6 is 23.2 Å². The van der Waals surface area contributed by atoms with Crippen molar-refractivity contribution in [3.63, 3.8) is 0 Å². The summed E-state index contributed by atoms with van der Waals surface area (Å²) >= 11 is 12.8. The van der Waals surface area contributed by atoms with Crippen LogP contribution in [0.3, 0.4) is 0 Å². The van der Waals surface area contributed by atoms with E-state index in [9.17, 15) is 0 Å². The van der Waals surface area contributed by atoms with Crippen molar-refractivity contribution in [3.8, 4) is 0 Å². The third-order valence-corrected chi connectivity index (χ3v) is 7.18. The van der Waals surface area contributed by atoms with E-state index in [1.54, 1.807) is 24.9 Å². The Kier molecular flexibility index (Phi) is 5.65. The lowest BCUT2D eigenvalue weighted by Gasteiger charge is -2.32. The van der Waals surface area contributed by atoms with Gasteiger partial charge in [-0.1, -0.05) is 43.1 Å². The predicted octanol–water partition coefficient (Wildman–Crippen LogP) is 6.74. The summed E-state index contributed by atoms with van der Waals surface area (Å²) in [5.74, 6) is 1.29. The molecule has 0 aliphatic heterocycles. The second kappa shape index (κ2) is 8.87. The molecule has 0 radical (unpaired) electrons. The van der Waals surface area contributed by atoms with Crippen LogP contribution in [0, 0.1) is 5.41 Å². The van der Waals surface area contributed by atoms with Crippen LogP contribution in [0.5, 0.6) is 0 Å². The van der Waals surface area contributed by atoms with Gasteiger partial charge in [0.05, 0.1) is 21.1 Å². The molecule has 6 rings (SSSR count). The van der Waals surface area contributed by atoms with Crippen LogP contribution in [0.25, 0.3) is 22.2 Å². The quantitative estimate of drug-likeness (QED) is 0.263. The maximum atomic E-state index is 6.40. The average molecular weight is 520 g/mol. The van der Waals surface area contributed by atoms with Crippen LogP contribution in [0.1, 0.15) is 37.0 Å². The number of halogens is 2. The first-order valence-electron chi connectivity index (χ1n) is 11.7. The summed E-state index contributed by atoms with van der Waals surface area (Å²) in [6.45, 7) is 5.12. The van der Waals surface area contributed by atoms with Gasteiger partial charge in [0.1, 0.15) is 17.7 Å². The minimum absolute atomic E-state index is 0.128. The standard InChI is InChI=1S/C26H23Cl2N7O/c1-26(2)6-5-15-16(8-26)19-21-22(24(33-13-32-21)31-10-14-4-3-7-29-9-14)36-25(19)35-23(15)34-20-17(27)11-30-12-18(20)28/h3-4,7,9,11-13H,5-6,8,10H2,1-2H3,(H,30,34,35)(H,31,32,33). The fraction of sp³-hybridized carbons (Fsp3) is 0.269. The molecule has 1 aliphatic carbocycles. The van der Waals surface area contributed by atoms with E-state index in [4.69, 9.17) is 32.6 Å². The highest BCUT2D eigenvalue weighted by atomic mass is 35.5. The molecule has 182 valence electrons. The monoisotopic (exact) mass is 519 g/mol. The maximum Gasteiger partial charge on any atom is 0.231 e. The minimum atomic E-state index is 0.128. The third-order valence-electron chi connectivity index (χ3n) is 6.61. The molecule has 0 unspecified atom stereocenters. The lowest BCUT2D eigenvalue weighted by atomic mass is 9.74. The Morgan fingerprint density at radius 3 is 2.64 bits per heavy atom. The second-order valence-electron chi connectivity index (χ2n) is 9.76. The van der Waals surface area contributed by atoms with E-state index >= 15 is 0 Å². The number of fused-ring (bicyclic) bond motifs is 5. The molecule has 0 atom stereocenters. The van der Waals surface area contributed by atoms with Gasteiger partial charge in [-0.2, -0.15) is 4.98 Å². The SMILES string of the molecule is CC1(C)CCc2c(Nc3c(Cl)cncc3Cl)nc3oc4c(NCc5cccnc5)ncnc4c3c2C1. The Hall–Kier alpha value is -3.49. The van der Waals surface area contributed by atoms with Gasteiger partial charge in [-0.25, -0.2) is 9.97 Å². The first kappa shape index (κ1) is 22.9. The summed E-state index contributed by atoms with van der Waals surface area (Å²) in [5, 5.41) is 8.49. The zero-order chi connectivity index (χ0) is 24.9. The van der Waals surface area contributed by atoms with Crippen molar-refractivity contribution < 1.29 is 4.42 Å². The number of aromatic nitrogens is 5. The molecule has 0 bridgehead atoms. The molecule has 5 heterocycles. The number of nitrogens with one attached hydrogen (secondary N) is 2. The molecule has 0 saturated heterocycles. The number of rotatable bonds is 5. The molecule has 0 fully saturated rings. The molecule has 2 N–H and O–H groups in total. The zero-order valence-electron chi connectivity index (χ0n) is 19.8. The lowest BCUT2D eigenvalue weighted by molar-refractivity contribution is 0.317. The van der Waals surface area contributed by atoms with E-state index in [1.165, 1.54) is 5.56 Å². The predicted molar refractivity (Wildman–Crippen MR) is 142 cm³/mol. The summed E-state index contributed by atoms with van der Waals surface area (Å²) in [4.78, 5) is 22.2. The van der Waals surface area contributed by atoms with Crippen LogP contribution in [-0.4, -0.2) is 24.9 Å². The van der Waals surface area contributed by atoms with Crippen molar-refractivity contribution in [2.75, 3.05) is 10.6 Å². The summed E-state index contributed by atoms with van der Waals surface area (Å²) in [6.07, 6.45) is 11.0. The Labute approximate surface area is 217 Å². The summed E-state index contributed by atoms with van der Waals surface area (Å²) in [6, 6.07) is 3.91. The van der Waals surface area contributed by atoms with Gasteiger partial charge >= 0.3 is 0 Å². The van der Waals surface area contributed by atoms with E-state index in [1.807, 2.05) is 18.3 Å². The Bertz CT molecular complexity index is 1580. The van der Waals surface area contributed by atoms with Gasteiger partial charge in [-0.3, -0.25) is 9.97 Å². The van der Waals surface area contributed by atoms with Crippen LogP contribution in [0.15, 0.2) is 47.7 Å². The zero-order valence-corrected chi connectivity index (χ0v) is 21.3. The molecule has 1 aliphatic rings. The van der Waals surface area contributed by atoms with E-state index in [0.717, 1.165) is 41.3 Å². The van der Waals surface area contributed by atoms with Crippen molar-refractivity contribution in [1.29, 1.82) is 0 Å². The molecule has 36 heavy (non-hydrogen) atoms. The molecule has 8 nitrogen and oxygen atoms in total. The van der Waals surface area contributed by atoms with Crippen LogP contribution in [0.2, 0.25) is 10.0 Å². The molecular weight excluding hydrogens is 497 g/mol.